The highest BCUT2D eigenvalue weighted by Crippen LogP contribution is 2.22. The molecule has 104 valence electrons. The smallest absolute Gasteiger partial charge is 0.338 e. The van der Waals surface area contributed by atoms with Crippen molar-refractivity contribution >= 4 is 17.6 Å². The van der Waals surface area contributed by atoms with Crippen LogP contribution in [0.5, 0.6) is 0 Å². The third kappa shape index (κ3) is 2.77. The first kappa shape index (κ1) is 14.4. The van der Waals surface area contributed by atoms with Crippen molar-refractivity contribution in [2.24, 2.45) is 0 Å². The third-order valence-corrected chi connectivity index (χ3v) is 3.04. The topological polar surface area (TPSA) is 37.3 Å². The quantitative estimate of drug-likeness (QED) is 0.928. The normalized spacial score (nSPS) is 10.6. The van der Waals surface area contributed by atoms with Gasteiger partial charge in [0.15, 0.2) is 11.6 Å². The van der Waals surface area contributed by atoms with Crippen LogP contribution >= 0.6 is 11.6 Å². The predicted molar refractivity (Wildman–Crippen MR) is 67.5 cm³/mol. The molecular formula is C14H8ClF3O2. The summed E-state index contributed by atoms with van der Waals surface area (Å²) >= 11 is 5.62. The highest BCUT2D eigenvalue weighted by molar-refractivity contribution is 6.30. The van der Waals surface area contributed by atoms with Gasteiger partial charge in [-0.2, -0.15) is 0 Å². The molecule has 1 N–H and O–H groups in total. The maximum absolute atomic E-state index is 13.7. The third-order valence-electron chi connectivity index (χ3n) is 2.74. The van der Waals surface area contributed by atoms with E-state index in [9.17, 15) is 18.0 Å². The molecule has 0 atom stereocenters. The van der Waals surface area contributed by atoms with Crippen molar-refractivity contribution < 1.29 is 23.1 Å². The minimum Gasteiger partial charge on any atom is -0.478 e. The Hall–Kier alpha value is -2.01. The fraction of sp³-hybridized carbons (Fsp3) is 0.0714. The first-order valence-electron chi connectivity index (χ1n) is 5.54. The van der Waals surface area contributed by atoms with Crippen molar-refractivity contribution in [2.75, 3.05) is 0 Å². The van der Waals surface area contributed by atoms with Crippen LogP contribution < -0.4 is 0 Å². The van der Waals surface area contributed by atoms with Crippen LogP contribution in [-0.2, 0) is 6.42 Å². The molecule has 2 aromatic rings. The van der Waals surface area contributed by atoms with Crippen LogP contribution in [-0.4, -0.2) is 11.1 Å². The molecule has 2 rings (SSSR count). The number of benzene rings is 2. The molecule has 0 aliphatic heterocycles. The fourth-order valence-electron chi connectivity index (χ4n) is 1.81. The van der Waals surface area contributed by atoms with Gasteiger partial charge in [0.2, 0.25) is 0 Å². The number of halogens is 4. The Kier molecular flexibility index (Phi) is 3.99. The largest absolute Gasteiger partial charge is 0.478 e. The van der Waals surface area contributed by atoms with Gasteiger partial charge in [0.05, 0.1) is 10.6 Å². The van der Waals surface area contributed by atoms with E-state index in [1.54, 1.807) is 0 Å². The molecule has 0 bridgehead atoms. The second kappa shape index (κ2) is 5.54. The molecule has 2 nitrogen and oxygen atoms in total. The minimum absolute atomic E-state index is 0.0934. The highest BCUT2D eigenvalue weighted by Gasteiger charge is 2.17. The molecule has 0 fully saturated rings. The number of hydrogen-bond acceptors (Lipinski definition) is 1. The van der Waals surface area contributed by atoms with Crippen molar-refractivity contribution in [2.45, 2.75) is 6.42 Å². The van der Waals surface area contributed by atoms with Gasteiger partial charge < -0.3 is 5.11 Å². The maximum atomic E-state index is 13.7. The lowest BCUT2D eigenvalue weighted by molar-refractivity contribution is 0.0690. The van der Waals surface area contributed by atoms with Gasteiger partial charge in [0, 0.05) is 6.42 Å². The van der Waals surface area contributed by atoms with Gasteiger partial charge in [-0.3, -0.25) is 0 Å². The minimum atomic E-state index is -1.59. The Morgan fingerprint density at radius 3 is 2.50 bits per heavy atom. The number of rotatable bonds is 3. The van der Waals surface area contributed by atoms with Gasteiger partial charge in [0.25, 0.3) is 0 Å². The summed E-state index contributed by atoms with van der Waals surface area (Å²) in [4.78, 5) is 10.8. The molecule has 0 aliphatic rings. The first-order valence-corrected chi connectivity index (χ1v) is 5.92. The van der Waals surface area contributed by atoms with E-state index in [0.29, 0.717) is 0 Å². The first-order chi connectivity index (χ1) is 9.40. The van der Waals surface area contributed by atoms with Gasteiger partial charge in [-0.15, -0.1) is 0 Å². The number of carboxylic acid groups (broad SMARTS) is 1. The van der Waals surface area contributed by atoms with Gasteiger partial charge in [0.1, 0.15) is 5.82 Å². The van der Waals surface area contributed by atoms with Crippen LogP contribution in [0.15, 0.2) is 30.3 Å². The maximum Gasteiger partial charge on any atom is 0.338 e. The Morgan fingerprint density at radius 2 is 1.85 bits per heavy atom. The predicted octanol–water partition coefficient (Wildman–Crippen LogP) is 4.05. The standard InChI is InChI=1S/C14H8ClF3O2/c15-10-3-1-2-8(12(10)17)4-7-5-9(14(19)20)13(18)11(16)6-7/h1-3,5-6H,4H2,(H,19,20). The van der Waals surface area contributed by atoms with E-state index in [4.69, 9.17) is 16.7 Å². The molecule has 0 saturated heterocycles. The van der Waals surface area contributed by atoms with Crippen LogP contribution in [0.4, 0.5) is 13.2 Å². The molecule has 2 aromatic carbocycles. The molecule has 6 heteroatoms. The van der Waals surface area contributed by atoms with Crippen molar-refractivity contribution in [3.05, 3.63) is 69.5 Å². The monoisotopic (exact) mass is 300 g/mol. The summed E-state index contributed by atoms with van der Waals surface area (Å²) in [6.07, 6.45) is -0.0934. The summed E-state index contributed by atoms with van der Waals surface area (Å²) in [7, 11) is 0. The van der Waals surface area contributed by atoms with Crippen LogP contribution in [0.2, 0.25) is 5.02 Å². The van der Waals surface area contributed by atoms with Crippen molar-refractivity contribution in [3.8, 4) is 0 Å². The number of carboxylic acids is 1. The summed E-state index contributed by atoms with van der Waals surface area (Å²) < 4.78 is 40.3. The number of aromatic carboxylic acids is 1. The molecule has 0 aliphatic carbocycles. The van der Waals surface area contributed by atoms with E-state index in [1.807, 2.05) is 0 Å². The molecule has 0 saturated carbocycles. The molecule has 0 amide bonds. The SMILES string of the molecule is O=C(O)c1cc(Cc2cccc(Cl)c2F)cc(F)c1F. The average molecular weight is 301 g/mol. The van der Waals surface area contributed by atoms with Crippen LogP contribution in [0.25, 0.3) is 0 Å². The van der Waals surface area contributed by atoms with E-state index in [-0.39, 0.29) is 22.6 Å². The van der Waals surface area contributed by atoms with E-state index in [0.717, 1.165) is 12.1 Å². The van der Waals surface area contributed by atoms with Gasteiger partial charge in [-0.05, 0) is 29.3 Å². The van der Waals surface area contributed by atoms with E-state index >= 15 is 0 Å². The Bertz CT molecular complexity index is 686. The average Bonchev–Trinajstić information content (AvgIpc) is 2.38. The van der Waals surface area contributed by atoms with Crippen LogP contribution in [0.1, 0.15) is 21.5 Å². The molecule has 0 heterocycles. The molecule has 0 radical (unpaired) electrons. The lowest BCUT2D eigenvalue weighted by Crippen LogP contribution is -2.05. The molecular weight excluding hydrogens is 293 g/mol. The van der Waals surface area contributed by atoms with Crippen molar-refractivity contribution in [3.63, 3.8) is 0 Å². The number of hydrogen-bond donors (Lipinski definition) is 1. The van der Waals surface area contributed by atoms with Crippen LogP contribution in [0, 0.1) is 17.5 Å². The summed E-state index contributed by atoms with van der Waals surface area (Å²) in [5.41, 5.74) is -0.482. The summed E-state index contributed by atoms with van der Waals surface area (Å²) in [5.74, 6) is -4.99. The second-order valence-corrected chi connectivity index (χ2v) is 4.54. The van der Waals surface area contributed by atoms with Gasteiger partial charge in [-0.1, -0.05) is 23.7 Å². The Labute approximate surface area is 117 Å². The zero-order valence-electron chi connectivity index (χ0n) is 9.96. The number of carbonyl (C=O) groups is 1. The fourth-order valence-corrected chi connectivity index (χ4v) is 2.00. The molecule has 0 unspecified atom stereocenters. The summed E-state index contributed by atoms with van der Waals surface area (Å²) in [6, 6.07) is 6.11. The van der Waals surface area contributed by atoms with E-state index < -0.39 is 29.0 Å². The molecule has 20 heavy (non-hydrogen) atoms. The van der Waals surface area contributed by atoms with Crippen molar-refractivity contribution in [1.29, 1.82) is 0 Å². The summed E-state index contributed by atoms with van der Waals surface area (Å²) in [6.45, 7) is 0. The van der Waals surface area contributed by atoms with Gasteiger partial charge in [-0.25, -0.2) is 18.0 Å². The lowest BCUT2D eigenvalue weighted by Gasteiger charge is -2.07. The Morgan fingerprint density at radius 1 is 1.15 bits per heavy atom. The zero-order chi connectivity index (χ0) is 14.9. The summed E-state index contributed by atoms with van der Waals surface area (Å²) in [5, 5.41) is 8.68. The lowest BCUT2D eigenvalue weighted by atomic mass is 10.0. The van der Waals surface area contributed by atoms with Gasteiger partial charge >= 0.3 is 5.97 Å². The molecule has 0 aromatic heterocycles. The van der Waals surface area contributed by atoms with E-state index in [2.05, 4.69) is 0 Å². The molecule has 0 spiro atoms. The van der Waals surface area contributed by atoms with Crippen molar-refractivity contribution in [1.82, 2.24) is 0 Å². The Balaban J connectivity index is 2.44. The second-order valence-electron chi connectivity index (χ2n) is 4.13. The highest BCUT2D eigenvalue weighted by atomic mass is 35.5. The van der Waals surface area contributed by atoms with E-state index in [1.165, 1.54) is 18.2 Å². The zero-order valence-corrected chi connectivity index (χ0v) is 10.7. The van der Waals surface area contributed by atoms with Crippen LogP contribution in [0.3, 0.4) is 0 Å².